The maximum Gasteiger partial charge on any atom is 0.326 e. The van der Waals surface area contributed by atoms with Gasteiger partial charge in [0, 0.05) is 6.42 Å². The van der Waals surface area contributed by atoms with Crippen LogP contribution in [0.4, 0.5) is 0 Å². The number of aliphatic hydroxyl groups excluding tert-OH is 1. The van der Waals surface area contributed by atoms with Crippen molar-refractivity contribution in [2.75, 3.05) is 13.2 Å². The molecule has 15 heteroatoms. The third-order valence-electron chi connectivity index (χ3n) is 5.43. The minimum atomic E-state index is -1.50. The highest BCUT2D eigenvalue weighted by Crippen LogP contribution is 2.04. The highest BCUT2D eigenvalue weighted by atomic mass is 16.4. The Morgan fingerprint density at radius 3 is 1.76 bits per heavy atom. The summed E-state index contributed by atoms with van der Waals surface area (Å²) in [5.41, 5.74) is 11.2. The zero-order valence-corrected chi connectivity index (χ0v) is 21.4. The number of hydrogen-bond acceptors (Lipinski definition) is 9. The maximum absolute atomic E-state index is 12.7. The van der Waals surface area contributed by atoms with Gasteiger partial charge in [0.25, 0.3) is 0 Å². The van der Waals surface area contributed by atoms with Crippen molar-refractivity contribution < 1.29 is 44.1 Å². The van der Waals surface area contributed by atoms with Crippen LogP contribution in [-0.2, 0) is 28.8 Å². The van der Waals surface area contributed by atoms with E-state index in [9.17, 15) is 39.0 Å². The Kier molecular flexibility index (Phi) is 15.7. The molecule has 0 aliphatic rings. The molecular formula is C22H40N6O9. The number of hydrogen-bond donors (Lipinski definition) is 9. The van der Waals surface area contributed by atoms with Gasteiger partial charge in [-0.3, -0.25) is 24.0 Å². The van der Waals surface area contributed by atoms with Gasteiger partial charge in [0.2, 0.25) is 23.6 Å². The molecule has 0 radical (unpaired) electrons. The molecule has 0 unspecified atom stereocenters. The van der Waals surface area contributed by atoms with Crippen LogP contribution in [0.3, 0.4) is 0 Å². The zero-order chi connectivity index (χ0) is 28.7. The first-order valence-corrected chi connectivity index (χ1v) is 12.0. The first-order chi connectivity index (χ1) is 17.2. The van der Waals surface area contributed by atoms with Gasteiger partial charge < -0.3 is 48.1 Å². The fourth-order valence-corrected chi connectivity index (χ4v) is 3.00. The van der Waals surface area contributed by atoms with E-state index >= 15 is 0 Å². The van der Waals surface area contributed by atoms with Gasteiger partial charge in [-0.1, -0.05) is 13.8 Å². The van der Waals surface area contributed by atoms with Crippen molar-refractivity contribution in [1.82, 2.24) is 21.3 Å². The first kappa shape index (κ1) is 33.7. The van der Waals surface area contributed by atoms with Crippen LogP contribution in [-0.4, -0.2) is 94.2 Å². The SMILES string of the molecule is CC(C)[C@H](N)C(=O)N[C@@H](CCC(=O)O)C(=O)N[C@@H](C)C(=O)N[C@@H](CO)C(=O)N[C@@H](CCCCN)C(=O)O. The van der Waals surface area contributed by atoms with E-state index in [1.165, 1.54) is 6.92 Å². The van der Waals surface area contributed by atoms with Crippen LogP contribution in [0, 0.1) is 5.92 Å². The van der Waals surface area contributed by atoms with Gasteiger partial charge in [0.15, 0.2) is 0 Å². The third-order valence-corrected chi connectivity index (χ3v) is 5.43. The van der Waals surface area contributed by atoms with E-state index in [1.807, 2.05) is 0 Å². The summed E-state index contributed by atoms with van der Waals surface area (Å²) in [6.45, 7) is 4.15. The molecule has 0 aromatic heterocycles. The molecule has 0 aromatic rings. The number of aliphatic hydroxyl groups is 1. The molecule has 212 valence electrons. The quantitative estimate of drug-likeness (QED) is 0.0803. The summed E-state index contributed by atoms with van der Waals surface area (Å²) in [7, 11) is 0. The average molecular weight is 533 g/mol. The minimum absolute atomic E-state index is 0.0980. The fraction of sp³-hybridized carbons (Fsp3) is 0.727. The van der Waals surface area contributed by atoms with E-state index in [0.29, 0.717) is 19.4 Å². The second-order valence-corrected chi connectivity index (χ2v) is 8.92. The Labute approximate surface area is 215 Å². The van der Waals surface area contributed by atoms with Gasteiger partial charge in [0.05, 0.1) is 12.6 Å². The van der Waals surface area contributed by atoms with E-state index in [4.69, 9.17) is 16.6 Å². The molecule has 0 heterocycles. The molecule has 5 atom stereocenters. The largest absolute Gasteiger partial charge is 0.481 e. The lowest BCUT2D eigenvalue weighted by molar-refractivity contribution is -0.143. The lowest BCUT2D eigenvalue weighted by Crippen LogP contribution is -2.58. The molecule has 0 aromatic carbocycles. The third kappa shape index (κ3) is 13.0. The van der Waals surface area contributed by atoms with E-state index in [0.717, 1.165) is 0 Å². The van der Waals surface area contributed by atoms with Crippen molar-refractivity contribution in [2.24, 2.45) is 17.4 Å². The second kappa shape index (κ2) is 17.2. The van der Waals surface area contributed by atoms with Crippen molar-refractivity contribution in [3.63, 3.8) is 0 Å². The number of carbonyl (C=O) groups excluding carboxylic acids is 4. The number of nitrogens with one attached hydrogen (secondary N) is 4. The molecule has 0 saturated carbocycles. The van der Waals surface area contributed by atoms with Gasteiger partial charge in [-0.05, 0) is 45.1 Å². The molecular weight excluding hydrogens is 492 g/mol. The smallest absolute Gasteiger partial charge is 0.326 e. The van der Waals surface area contributed by atoms with E-state index in [-0.39, 0.29) is 18.8 Å². The summed E-state index contributed by atoms with van der Waals surface area (Å²) < 4.78 is 0. The van der Waals surface area contributed by atoms with Gasteiger partial charge >= 0.3 is 11.9 Å². The molecule has 0 aliphatic heterocycles. The van der Waals surface area contributed by atoms with Crippen LogP contribution in [0.1, 0.15) is 52.9 Å². The minimum Gasteiger partial charge on any atom is -0.481 e. The van der Waals surface area contributed by atoms with Crippen molar-refractivity contribution in [2.45, 2.75) is 83.1 Å². The number of carboxylic acid groups (broad SMARTS) is 2. The number of carboxylic acids is 2. The number of amides is 4. The van der Waals surface area contributed by atoms with Gasteiger partial charge in [-0.15, -0.1) is 0 Å². The Balaban J connectivity index is 5.21. The van der Waals surface area contributed by atoms with Crippen LogP contribution in [0.15, 0.2) is 0 Å². The summed E-state index contributed by atoms with van der Waals surface area (Å²) >= 11 is 0. The molecule has 0 aliphatic carbocycles. The number of unbranched alkanes of at least 4 members (excludes halogenated alkanes) is 1. The van der Waals surface area contributed by atoms with Gasteiger partial charge in [-0.25, -0.2) is 4.79 Å². The van der Waals surface area contributed by atoms with Crippen LogP contribution in [0.2, 0.25) is 0 Å². The monoisotopic (exact) mass is 532 g/mol. The summed E-state index contributed by atoms with van der Waals surface area (Å²) in [5.74, 6) is -6.11. The highest BCUT2D eigenvalue weighted by molar-refractivity contribution is 5.95. The lowest BCUT2D eigenvalue weighted by atomic mass is 10.0. The Morgan fingerprint density at radius 2 is 1.27 bits per heavy atom. The number of nitrogens with two attached hydrogens (primary N) is 2. The van der Waals surface area contributed by atoms with E-state index in [2.05, 4.69) is 21.3 Å². The number of carbonyl (C=O) groups is 6. The molecule has 11 N–H and O–H groups in total. The molecule has 37 heavy (non-hydrogen) atoms. The predicted octanol–water partition coefficient (Wildman–Crippen LogP) is -3.00. The highest BCUT2D eigenvalue weighted by Gasteiger charge is 2.30. The van der Waals surface area contributed by atoms with Crippen molar-refractivity contribution in [1.29, 1.82) is 0 Å². The molecule has 0 saturated heterocycles. The first-order valence-electron chi connectivity index (χ1n) is 12.0. The normalized spacial score (nSPS) is 15.0. The van der Waals surface area contributed by atoms with Crippen LogP contribution < -0.4 is 32.7 Å². The topological polar surface area (TPSA) is 263 Å². The van der Waals surface area contributed by atoms with Crippen molar-refractivity contribution in [3.8, 4) is 0 Å². The molecule has 0 bridgehead atoms. The van der Waals surface area contributed by atoms with Crippen molar-refractivity contribution >= 4 is 35.6 Å². The van der Waals surface area contributed by atoms with Gasteiger partial charge in [-0.2, -0.15) is 0 Å². The number of rotatable bonds is 18. The van der Waals surface area contributed by atoms with Crippen LogP contribution in [0.5, 0.6) is 0 Å². The maximum atomic E-state index is 12.7. The standard InChI is InChI=1S/C22H40N6O9/c1-11(2)17(24)21(35)26-13(7-8-16(30)31)19(33)25-12(3)18(32)28-15(10-29)20(34)27-14(22(36)37)6-4-5-9-23/h11-15,17,29H,4-10,23-24H2,1-3H3,(H,25,33)(H,26,35)(H,27,34)(H,28,32)(H,30,31)(H,36,37)/t12-,13-,14-,15-,17-/m0/s1. The zero-order valence-electron chi connectivity index (χ0n) is 21.4. The Morgan fingerprint density at radius 1 is 0.730 bits per heavy atom. The molecule has 0 spiro atoms. The van der Waals surface area contributed by atoms with Crippen LogP contribution in [0.25, 0.3) is 0 Å². The van der Waals surface area contributed by atoms with Crippen molar-refractivity contribution in [3.05, 3.63) is 0 Å². The fourth-order valence-electron chi connectivity index (χ4n) is 3.00. The van der Waals surface area contributed by atoms with Crippen LogP contribution >= 0.6 is 0 Å². The summed E-state index contributed by atoms with van der Waals surface area (Å²) in [6, 6.07) is -6.27. The summed E-state index contributed by atoms with van der Waals surface area (Å²) in [6.07, 6.45) is 0.372. The summed E-state index contributed by atoms with van der Waals surface area (Å²) in [5, 5.41) is 36.9. The Hall–Kier alpha value is -3.30. The summed E-state index contributed by atoms with van der Waals surface area (Å²) in [4.78, 5) is 72.3. The predicted molar refractivity (Wildman–Crippen MR) is 131 cm³/mol. The molecule has 0 rings (SSSR count). The number of aliphatic carboxylic acids is 2. The Bertz CT molecular complexity index is 808. The molecule has 0 fully saturated rings. The van der Waals surface area contributed by atoms with E-state index < -0.39 is 78.8 Å². The average Bonchev–Trinajstić information content (AvgIpc) is 2.82. The van der Waals surface area contributed by atoms with E-state index in [1.54, 1.807) is 13.8 Å². The molecule has 4 amide bonds. The molecule has 15 nitrogen and oxygen atoms in total. The second-order valence-electron chi connectivity index (χ2n) is 8.92. The lowest BCUT2D eigenvalue weighted by Gasteiger charge is -2.24. The van der Waals surface area contributed by atoms with Gasteiger partial charge in [0.1, 0.15) is 24.2 Å².